The van der Waals surface area contributed by atoms with E-state index >= 15 is 0 Å². The summed E-state index contributed by atoms with van der Waals surface area (Å²) in [4.78, 5) is 21.5. The van der Waals surface area contributed by atoms with Crippen LogP contribution in [0, 0.1) is 6.92 Å². The van der Waals surface area contributed by atoms with Crippen LogP contribution < -0.4 is 0 Å². The van der Waals surface area contributed by atoms with Crippen molar-refractivity contribution in [3.8, 4) is 10.6 Å². The molecule has 0 radical (unpaired) electrons. The van der Waals surface area contributed by atoms with Gasteiger partial charge in [0.1, 0.15) is 0 Å². The summed E-state index contributed by atoms with van der Waals surface area (Å²) < 4.78 is 0. The molecule has 0 N–H and O–H groups in total. The fourth-order valence-electron chi connectivity index (χ4n) is 1.96. The van der Waals surface area contributed by atoms with Crippen molar-refractivity contribution >= 4 is 29.2 Å². The van der Waals surface area contributed by atoms with Gasteiger partial charge in [-0.3, -0.25) is 4.79 Å². The highest BCUT2D eigenvalue weighted by Gasteiger charge is 2.28. The monoisotopic (exact) mass is 278 g/mol. The van der Waals surface area contributed by atoms with Crippen molar-refractivity contribution in [1.29, 1.82) is 0 Å². The van der Waals surface area contributed by atoms with Gasteiger partial charge in [-0.15, -0.1) is 11.3 Å². The molecule has 0 aromatic carbocycles. The highest BCUT2D eigenvalue weighted by atomic mass is 35.5. The summed E-state index contributed by atoms with van der Waals surface area (Å²) in [6.45, 7) is 1.95. The van der Waals surface area contributed by atoms with Crippen LogP contribution in [0.2, 0.25) is 5.28 Å². The Morgan fingerprint density at radius 3 is 2.94 bits per heavy atom. The van der Waals surface area contributed by atoms with Crippen molar-refractivity contribution in [3.05, 3.63) is 33.6 Å². The van der Waals surface area contributed by atoms with Crippen molar-refractivity contribution in [2.75, 3.05) is 0 Å². The summed E-state index contributed by atoms with van der Waals surface area (Å²) in [5.74, 6) is 0.571. The van der Waals surface area contributed by atoms with Gasteiger partial charge in [0.05, 0.1) is 10.6 Å². The molecule has 1 aliphatic rings. The molecule has 18 heavy (non-hydrogen) atoms. The summed E-state index contributed by atoms with van der Waals surface area (Å²) in [7, 11) is 0. The third kappa shape index (κ3) is 2.06. The summed E-state index contributed by atoms with van der Waals surface area (Å²) in [5.41, 5.74) is 2.60. The first kappa shape index (κ1) is 11.8. The average molecular weight is 279 g/mol. The largest absolute Gasteiger partial charge is 0.298 e. The third-order valence-corrected chi connectivity index (χ3v) is 4.54. The molecule has 1 fully saturated rings. The van der Waals surface area contributed by atoms with E-state index in [9.17, 15) is 4.79 Å². The number of aryl methyl sites for hydroxylation is 1. The molecule has 0 aliphatic heterocycles. The number of halogens is 1. The Morgan fingerprint density at radius 2 is 2.28 bits per heavy atom. The average Bonchev–Trinajstić information content (AvgIpc) is 3.12. The molecule has 0 bridgehead atoms. The number of hydrogen-bond acceptors (Lipinski definition) is 4. The van der Waals surface area contributed by atoms with E-state index in [0.717, 1.165) is 28.0 Å². The van der Waals surface area contributed by atoms with Crippen LogP contribution in [0.3, 0.4) is 0 Å². The van der Waals surface area contributed by atoms with Gasteiger partial charge in [-0.2, -0.15) is 0 Å². The molecule has 2 aromatic heterocycles. The maximum absolute atomic E-state index is 11.1. The topological polar surface area (TPSA) is 42.9 Å². The van der Waals surface area contributed by atoms with Crippen LogP contribution in [-0.4, -0.2) is 16.3 Å². The molecule has 5 heteroatoms. The van der Waals surface area contributed by atoms with Crippen LogP contribution in [0.15, 0.2) is 12.3 Å². The fraction of sp³-hybridized carbons (Fsp3) is 0.308. The van der Waals surface area contributed by atoms with E-state index in [1.54, 1.807) is 17.5 Å². The lowest BCUT2D eigenvalue weighted by molar-refractivity contribution is 0.112. The maximum Gasteiger partial charge on any atom is 0.222 e. The quantitative estimate of drug-likeness (QED) is 0.632. The van der Waals surface area contributed by atoms with Crippen molar-refractivity contribution in [2.45, 2.75) is 25.7 Å². The van der Waals surface area contributed by atoms with E-state index in [2.05, 4.69) is 9.97 Å². The number of thiophene rings is 1. The zero-order chi connectivity index (χ0) is 12.7. The molecular formula is C13H11ClN2OS. The van der Waals surface area contributed by atoms with Crippen molar-refractivity contribution in [1.82, 2.24) is 9.97 Å². The summed E-state index contributed by atoms with van der Waals surface area (Å²) in [5, 5.41) is 0.240. The van der Waals surface area contributed by atoms with Crippen LogP contribution in [0.5, 0.6) is 0 Å². The zero-order valence-electron chi connectivity index (χ0n) is 9.81. The highest BCUT2D eigenvalue weighted by molar-refractivity contribution is 7.16. The molecule has 1 aliphatic carbocycles. The fourth-order valence-corrected chi connectivity index (χ4v) is 3.45. The molecule has 92 valence electrons. The number of rotatable bonds is 3. The highest BCUT2D eigenvalue weighted by Crippen LogP contribution is 2.47. The number of aromatic nitrogens is 2. The van der Waals surface area contributed by atoms with Crippen molar-refractivity contribution in [3.63, 3.8) is 0 Å². The summed E-state index contributed by atoms with van der Waals surface area (Å²) in [6.07, 6.45) is 5.02. The molecule has 3 rings (SSSR count). The lowest BCUT2D eigenvalue weighted by Gasteiger charge is -2.01. The van der Waals surface area contributed by atoms with Crippen LogP contribution in [0.4, 0.5) is 0 Å². The van der Waals surface area contributed by atoms with Crippen LogP contribution in [0.25, 0.3) is 10.6 Å². The molecule has 0 spiro atoms. The normalized spacial score (nSPS) is 14.8. The van der Waals surface area contributed by atoms with E-state index in [1.807, 2.05) is 13.0 Å². The van der Waals surface area contributed by atoms with Gasteiger partial charge in [0.2, 0.25) is 5.28 Å². The van der Waals surface area contributed by atoms with Gasteiger partial charge in [0.15, 0.2) is 6.29 Å². The molecule has 3 nitrogen and oxygen atoms in total. The van der Waals surface area contributed by atoms with Gasteiger partial charge < -0.3 is 0 Å². The number of carbonyl (C=O) groups is 1. The van der Waals surface area contributed by atoms with Gasteiger partial charge in [-0.25, -0.2) is 9.97 Å². The maximum atomic E-state index is 11.1. The Morgan fingerprint density at radius 1 is 1.50 bits per heavy atom. The van der Waals surface area contributed by atoms with Gasteiger partial charge >= 0.3 is 0 Å². The molecule has 0 atom stereocenters. The summed E-state index contributed by atoms with van der Waals surface area (Å²) >= 11 is 7.49. The third-order valence-electron chi connectivity index (χ3n) is 3.04. The zero-order valence-corrected chi connectivity index (χ0v) is 11.4. The van der Waals surface area contributed by atoms with Gasteiger partial charge in [-0.05, 0) is 48.9 Å². The van der Waals surface area contributed by atoms with E-state index < -0.39 is 0 Å². The number of nitrogens with zero attached hydrogens (tertiary/aromatic N) is 2. The second-order valence-electron chi connectivity index (χ2n) is 4.49. The second kappa shape index (κ2) is 4.44. The van der Waals surface area contributed by atoms with Crippen LogP contribution in [-0.2, 0) is 0 Å². The minimum Gasteiger partial charge on any atom is -0.298 e. The standard InChI is InChI=1S/C13H11ClN2OS/c1-7-5-15-13(14)16-11(7)10-4-9(6-17)12(18-10)8-2-3-8/h4-6,8H,2-3H2,1H3. The minimum atomic E-state index is 0.240. The second-order valence-corrected chi connectivity index (χ2v) is 5.91. The molecule has 0 saturated heterocycles. The first-order chi connectivity index (χ1) is 8.69. The molecule has 2 heterocycles. The Balaban J connectivity index is 2.11. The Kier molecular flexibility index (Phi) is 2.92. The predicted molar refractivity (Wildman–Crippen MR) is 72.5 cm³/mol. The molecule has 0 unspecified atom stereocenters. The predicted octanol–water partition coefficient (Wildman–Crippen LogP) is 3.86. The van der Waals surface area contributed by atoms with Gasteiger partial charge in [0, 0.05) is 16.6 Å². The van der Waals surface area contributed by atoms with Gasteiger partial charge in [-0.1, -0.05) is 0 Å². The number of carbonyl (C=O) groups excluding carboxylic acids is 1. The van der Waals surface area contributed by atoms with Crippen molar-refractivity contribution < 1.29 is 4.79 Å². The SMILES string of the molecule is Cc1cnc(Cl)nc1-c1cc(C=O)c(C2CC2)s1. The van der Waals surface area contributed by atoms with Gasteiger partial charge in [0.25, 0.3) is 0 Å². The lowest BCUT2D eigenvalue weighted by atomic mass is 10.1. The minimum absolute atomic E-state index is 0.240. The first-order valence-electron chi connectivity index (χ1n) is 5.77. The van der Waals surface area contributed by atoms with Crippen LogP contribution >= 0.6 is 22.9 Å². The Labute approximate surface area is 114 Å². The Bertz CT molecular complexity index is 619. The number of aldehydes is 1. The van der Waals surface area contributed by atoms with E-state index in [4.69, 9.17) is 11.6 Å². The molecule has 1 saturated carbocycles. The van der Waals surface area contributed by atoms with Crippen LogP contribution in [0.1, 0.15) is 39.6 Å². The first-order valence-corrected chi connectivity index (χ1v) is 6.97. The van der Waals surface area contributed by atoms with E-state index in [1.165, 1.54) is 17.7 Å². The lowest BCUT2D eigenvalue weighted by Crippen LogP contribution is -1.89. The molecule has 0 amide bonds. The van der Waals surface area contributed by atoms with E-state index in [-0.39, 0.29) is 5.28 Å². The Hall–Kier alpha value is -1.26. The van der Waals surface area contributed by atoms with E-state index in [0.29, 0.717) is 5.92 Å². The smallest absolute Gasteiger partial charge is 0.222 e. The van der Waals surface area contributed by atoms with Crippen molar-refractivity contribution in [2.24, 2.45) is 0 Å². The summed E-state index contributed by atoms with van der Waals surface area (Å²) in [6, 6.07) is 1.91. The molecular weight excluding hydrogens is 268 g/mol. The number of hydrogen-bond donors (Lipinski definition) is 0. The molecule has 2 aromatic rings.